The number of aryl methyl sites for hydroxylation is 1. The van der Waals surface area contributed by atoms with Crippen LogP contribution in [0.1, 0.15) is 21.5 Å². The smallest absolute Gasteiger partial charge is 0.337 e. The van der Waals surface area contributed by atoms with E-state index >= 15 is 0 Å². The molecule has 24 heavy (non-hydrogen) atoms. The lowest BCUT2D eigenvalue weighted by Crippen LogP contribution is -2.13. The summed E-state index contributed by atoms with van der Waals surface area (Å²) in [7, 11) is 1.30. The van der Waals surface area contributed by atoms with E-state index in [0.717, 1.165) is 11.1 Å². The van der Waals surface area contributed by atoms with Crippen molar-refractivity contribution in [3.05, 3.63) is 70.8 Å². The lowest BCUT2D eigenvalue weighted by atomic mass is 10.1. The predicted octanol–water partition coefficient (Wildman–Crippen LogP) is 3.33. The van der Waals surface area contributed by atoms with E-state index in [4.69, 9.17) is 0 Å². The highest BCUT2D eigenvalue weighted by atomic mass is 16.5. The van der Waals surface area contributed by atoms with Crippen LogP contribution in [0.3, 0.4) is 0 Å². The van der Waals surface area contributed by atoms with Gasteiger partial charge >= 0.3 is 5.97 Å². The van der Waals surface area contributed by atoms with E-state index in [9.17, 15) is 14.9 Å². The maximum Gasteiger partial charge on any atom is 0.337 e. The van der Waals surface area contributed by atoms with Crippen molar-refractivity contribution in [3.63, 3.8) is 0 Å². The Morgan fingerprint density at radius 3 is 2.25 bits per heavy atom. The van der Waals surface area contributed by atoms with Gasteiger partial charge in [-0.2, -0.15) is 5.26 Å². The molecule has 5 heteroatoms. The van der Waals surface area contributed by atoms with Crippen molar-refractivity contribution in [1.29, 1.82) is 5.26 Å². The zero-order valence-electron chi connectivity index (χ0n) is 13.4. The van der Waals surface area contributed by atoms with Gasteiger partial charge in [0.15, 0.2) is 0 Å². The number of anilines is 1. The largest absolute Gasteiger partial charge is 0.465 e. The Labute approximate surface area is 140 Å². The minimum atomic E-state index is -0.510. The molecular weight excluding hydrogens is 304 g/mol. The molecule has 0 aliphatic heterocycles. The molecule has 0 spiro atoms. The van der Waals surface area contributed by atoms with Gasteiger partial charge in [0.1, 0.15) is 11.6 Å². The number of hydrogen-bond acceptors (Lipinski definition) is 4. The molecule has 1 amide bonds. The van der Waals surface area contributed by atoms with Gasteiger partial charge in [0, 0.05) is 5.69 Å². The summed E-state index contributed by atoms with van der Waals surface area (Å²) in [5.74, 6) is -0.964. The van der Waals surface area contributed by atoms with E-state index in [1.165, 1.54) is 25.3 Å². The van der Waals surface area contributed by atoms with Crippen molar-refractivity contribution in [2.24, 2.45) is 0 Å². The molecule has 0 fully saturated rings. The fourth-order valence-corrected chi connectivity index (χ4v) is 1.98. The number of benzene rings is 2. The molecule has 2 aromatic rings. The number of methoxy groups -OCH3 is 1. The maximum atomic E-state index is 12.2. The zero-order valence-corrected chi connectivity index (χ0v) is 13.4. The van der Waals surface area contributed by atoms with Crippen molar-refractivity contribution in [3.8, 4) is 6.07 Å². The summed E-state index contributed by atoms with van der Waals surface area (Å²) in [5, 5.41) is 11.8. The topological polar surface area (TPSA) is 79.2 Å². The number of hydrogen-bond donors (Lipinski definition) is 1. The second kappa shape index (κ2) is 7.75. The van der Waals surface area contributed by atoms with Crippen LogP contribution in [0.25, 0.3) is 6.08 Å². The number of esters is 1. The van der Waals surface area contributed by atoms with Gasteiger partial charge in [0.2, 0.25) is 0 Å². The van der Waals surface area contributed by atoms with Crippen molar-refractivity contribution in [2.45, 2.75) is 6.92 Å². The van der Waals surface area contributed by atoms with Crippen molar-refractivity contribution in [1.82, 2.24) is 0 Å². The third-order valence-corrected chi connectivity index (χ3v) is 3.32. The van der Waals surface area contributed by atoms with Crippen LogP contribution in [0.2, 0.25) is 0 Å². The number of nitriles is 1. The normalized spacial score (nSPS) is 10.6. The lowest BCUT2D eigenvalue weighted by molar-refractivity contribution is -0.112. The molecule has 2 aromatic carbocycles. The van der Waals surface area contributed by atoms with E-state index in [2.05, 4.69) is 10.1 Å². The number of amides is 1. The summed E-state index contributed by atoms with van der Waals surface area (Å²) in [6.45, 7) is 1.96. The standard InChI is InChI=1S/C19H16N2O3/c1-13-3-5-14(6-4-13)11-16(12-20)18(22)21-17-9-7-15(8-10-17)19(23)24-2/h3-11H,1-2H3,(H,21,22)/b16-11+. The third kappa shape index (κ3) is 4.31. The number of nitrogens with one attached hydrogen (secondary N) is 1. The molecule has 1 N–H and O–H groups in total. The first-order valence-electron chi connectivity index (χ1n) is 7.21. The van der Waals surface area contributed by atoms with Gasteiger partial charge in [-0.25, -0.2) is 4.79 Å². The first-order chi connectivity index (χ1) is 11.5. The van der Waals surface area contributed by atoms with E-state index in [1.54, 1.807) is 12.1 Å². The van der Waals surface area contributed by atoms with Gasteiger partial charge in [-0.05, 0) is 42.8 Å². The summed E-state index contributed by atoms with van der Waals surface area (Å²) in [5.41, 5.74) is 2.73. The fraction of sp³-hybridized carbons (Fsp3) is 0.105. The van der Waals surface area contributed by atoms with Gasteiger partial charge in [0.05, 0.1) is 12.7 Å². The molecule has 0 aliphatic rings. The number of rotatable bonds is 4. The van der Waals surface area contributed by atoms with Gasteiger partial charge in [-0.3, -0.25) is 4.79 Å². The second-order valence-electron chi connectivity index (χ2n) is 5.10. The highest BCUT2D eigenvalue weighted by molar-refractivity contribution is 6.09. The van der Waals surface area contributed by atoms with Gasteiger partial charge in [-0.15, -0.1) is 0 Å². The molecular formula is C19H16N2O3. The van der Waals surface area contributed by atoms with E-state index in [0.29, 0.717) is 11.3 Å². The molecule has 0 heterocycles. The molecule has 2 rings (SSSR count). The Kier molecular flexibility index (Phi) is 5.48. The quantitative estimate of drug-likeness (QED) is 0.532. The van der Waals surface area contributed by atoms with Crippen LogP contribution in [0.15, 0.2) is 54.1 Å². The van der Waals surface area contributed by atoms with Crippen LogP contribution >= 0.6 is 0 Å². The lowest BCUT2D eigenvalue weighted by Gasteiger charge is -2.05. The predicted molar refractivity (Wildman–Crippen MR) is 91.2 cm³/mol. The van der Waals surface area contributed by atoms with E-state index < -0.39 is 11.9 Å². The highest BCUT2D eigenvalue weighted by Crippen LogP contribution is 2.13. The average molecular weight is 320 g/mol. The van der Waals surface area contributed by atoms with Crippen molar-refractivity contribution >= 4 is 23.6 Å². The molecule has 5 nitrogen and oxygen atoms in total. The molecule has 0 atom stereocenters. The summed E-state index contributed by atoms with van der Waals surface area (Å²) in [4.78, 5) is 23.6. The zero-order chi connectivity index (χ0) is 17.5. The Hall–Kier alpha value is -3.39. The van der Waals surface area contributed by atoms with Crippen LogP contribution in [-0.4, -0.2) is 19.0 Å². The second-order valence-corrected chi connectivity index (χ2v) is 5.10. The summed E-state index contributed by atoms with van der Waals surface area (Å²) < 4.78 is 4.61. The Bertz CT molecular complexity index is 813. The number of nitrogens with zero attached hydrogens (tertiary/aromatic N) is 1. The minimum absolute atomic E-state index is 0.00380. The maximum absolute atomic E-state index is 12.2. The Morgan fingerprint density at radius 2 is 1.71 bits per heavy atom. The molecule has 0 aliphatic carbocycles. The molecule has 0 unspecified atom stereocenters. The number of carbonyl (C=O) groups excluding carboxylic acids is 2. The average Bonchev–Trinajstić information content (AvgIpc) is 2.61. The van der Waals surface area contributed by atoms with Crippen LogP contribution in [0, 0.1) is 18.3 Å². The minimum Gasteiger partial charge on any atom is -0.465 e. The van der Waals surface area contributed by atoms with Gasteiger partial charge in [0.25, 0.3) is 5.91 Å². The van der Waals surface area contributed by atoms with E-state index in [-0.39, 0.29) is 5.57 Å². The highest BCUT2D eigenvalue weighted by Gasteiger charge is 2.10. The van der Waals surface area contributed by atoms with E-state index in [1.807, 2.05) is 37.3 Å². The molecule has 0 radical (unpaired) electrons. The molecule has 120 valence electrons. The fourth-order valence-electron chi connectivity index (χ4n) is 1.98. The molecule has 0 aromatic heterocycles. The SMILES string of the molecule is COC(=O)c1ccc(NC(=O)/C(C#N)=C/c2ccc(C)cc2)cc1. The Balaban J connectivity index is 2.13. The first-order valence-corrected chi connectivity index (χ1v) is 7.21. The van der Waals surface area contributed by atoms with Crippen LogP contribution in [0.5, 0.6) is 0 Å². The Morgan fingerprint density at radius 1 is 1.08 bits per heavy atom. The summed E-state index contributed by atoms with van der Waals surface area (Å²) in [6.07, 6.45) is 1.53. The first kappa shape index (κ1) is 17.0. The van der Waals surface area contributed by atoms with Gasteiger partial charge < -0.3 is 10.1 Å². The van der Waals surface area contributed by atoms with Crippen LogP contribution in [-0.2, 0) is 9.53 Å². The summed E-state index contributed by atoms with van der Waals surface area (Å²) in [6, 6.07) is 15.6. The molecule has 0 saturated carbocycles. The monoisotopic (exact) mass is 320 g/mol. The van der Waals surface area contributed by atoms with Crippen molar-refractivity contribution in [2.75, 3.05) is 12.4 Å². The van der Waals surface area contributed by atoms with Crippen LogP contribution < -0.4 is 5.32 Å². The molecule has 0 bridgehead atoms. The number of ether oxygens (including phenoxy) is 1. The summed E-state index contributed by atoms with van der Waals surface area (Å²) >= 11 is 0. The van der Waals surface area contributed by atoms with Gasteiger partial charge in [-0.1, -0.05) is 29.8 Å². The van der Waals surface area contributed by atoms with Crippen LogP contribution in [0.4, 0.5) is 5.69 Å². The molecule has 0 saturated heterocycles. The number of carbonyl (C=O) groups is 2. The third-order valence-electron chi connectivity index (χ3n) is 3.32. The van der Waals surface area contributed by atoms with Crippen molar-refractivity contribution < 1.29 is 14.3 Å².